The number of nitrogens with one attached hydrogen (secondary N) is 1. The first-order valence-electron chi connectivity index (χ1n) is 7.38. The Morgan fingerprint density at radius 1 is 0.957 bits per heavy atom. The number of halogens is 1. The van der Waals surface area contributed by atoms with E-state index in [4.69, 9.17) is 25.8 Å². The van der Waals surface area contributed by atoms with Crippen molar-refractivity contribution < 1.29 is 14.2 Å². The van der Waals surface area contributed by atoms with Crippen LogP contribution in [0.25, 0.3) is 0 Å². The Balaban J connectivity index is 2.19. The van der Waals surface area contributed by atoms with Crippen LogP contribution >= 0.6 is 11.6 Å². The Morgan fingerprint density at radius 3 is 2.26 bits per heavy atom. The van der Waals surface area contributed by atoms with Crippen molar-refractivity contribution in [3.63, 3.8) is 0 Å². The summed E-state index contributed by atoms with van der Waals surface area (Å²) in [4.78, 5) is 0. The van der Waals surface area contributed by atoms with Crippen LogP contribution in [0.3, 0.4) is 0 Å². The fourth-order valence-electron chi connectivity index (χ4n) is 2.50. The Hall–Kier alpha value is -1.91. The van der Waals surface area contributed by atoms with Gasteiger partial charge in [-0.15, -0.1) is 0 Å². The molecule has 1 N–H and O–H groups in total. The van der Waals surface area contributed by atoms with Gasteiger partial charge in [-0.2, -0.15) is 0 Å². The zero-order valence-corrected chi connectivity index (χ0v) is 14.6. The normalized spacial score (nSPS) is 11.9. The number of benzene rings is 2. The number of hydrogen-bond donors (Lipinski definition) is 1. The average Bonchev–Trinajstić information content (AvgIpc) is 2.58. The third-order valence-electron chi connectivity index (χ3n) is 3.76. The van der Waals surface area contributed by atoms with Crippen LogP contribution < -0.4 is 19.5 Å². The topological polar surface area (TPSA) is 39.7 Å². The van der Waals surface area contributed by atoms with Crippen molar-refractivity contribution in [2.75, 3.05) is 21.3 Å². The van der Waals surface area contributed by atoms with Crippen molar-refractivity contribution in [1.82, 2.24) is 5.32 Å². The molecule has 0 radical (unpaired) electrons. The molecule has 23 heavy (non-hydrogen) atoms. The standard InChI is InChI=1S/C18H22ClNO3/c1-12(14-7-5-6-8-15(14)19)20-11-13-9-10-16(21-2)18(23-4)17(13)22-3/h5-10,12,20H,11H2,1-4H3/t12-/m0/s1. The maximum absolute atomic E-state index is 6.25. The molecule has 124 valence electrons. The van der Waals surface area contributed by atoms with Gasteiger partial charge in [-0.05, 0) is 24.6 Å². The molecule has 1 atom stereocenters. The molecule has 0 bridgehead atoms. The summed E-state index contributed by atoms with van der Waals surface area (Å²) in [6.07, 6.45) is 0. The molecule has 0 aliphatic heterocycles. The molecule has 2 rings (SSSR count). The predicted molar refractivity (Wildman–Crippen MR) is 92.8 cm³/mol. The van der Waals surface area contributed by atoms with Crippen molar-refractivity contribution in [2.45, 2.75) is 19.5 Å². The first kappa shape index (κ1) is 17.4. The highest BCUT2D eigenvalue weighted by atomic mass is 35.5. The summed E-state index contributed by atoms with van der Waals surface area (Å²) in [7, 11) is 4.83. The van der Waals surface area contributed by atoms with E-state index in [1.807, 2.05) is 36.4 Å². The molecule has 0 saturated carbocycles. The fourth-order valence-corrected chi connectivity index (χ4v) is 2.80. The van der Waals surface area contributed by atoms with E-state index in [9.17, 15) is 0 Å². The van der Waals surface area contributed by atoms with Crippen molar-refractivity contribution in [1.29, 1.82) is 0 Å². The molecular weight excluding hydrogens is 314 g/mol. The summed E-state index contributed by atoms with van der Waals surface area (Å²) in [6, 6.07) is 11.8. The van der Waals surface area contributed by atoms with Gasteiger partial charge in [0.2, 0.25) is 5.75 Å². The van der Waals surface area contributed by atoms with Crippen LogP contribution in [0.1, 0.15) is 24.1 Å². The highest BCUT2D eigenvalue weighted by Gasteiger charge is 2.16. The smallest absolute Gasteiger partial charge is 0.203 e. The minimum Gasteiger partial charge on any atom is -0.493 e. The van der Waals surface area contributed by atoms with Crippen molar-refractivity contribution in [3.05, 3.63) is 52.5 Å². The van der Waals surface area contributed by atoms with Gasteiger partial charge in [0.05, 0.1) is 21.3 Å². The van der Waals surface area contributed by atoms with Gasteiger partial charge in [-0.3, -0.25) is 0 Å². The second kappa shape index (κ2) is 8.09. The van der Waals surface area contributed by atoms with Crippen LogP contribution in [0.2, 0.25) is 5.02 Å². The monoisotopic (exact) mass is 335 g/mol. The lowest BCUT2D eigenvalue weighted by Crippen LogP contribution is -2.19. The van der Waals surface area contributed by atoms with E-state index in [-0.39, 0.29) is 6.04 Å². The largest absolute Gasteiger partial charge is 0.493 e. The summed E-state index contributed by atoms with van der Waals surface area (Å²) in [5, 5.41) is 4.21. The molecule has 0 aliphatic carbocycles. The van der Waals surface area contributed by atoms with E-state index < -0.39 is 0 Å². The van der Waals surface area contributed by atoms with Crippen LogP contribution in [0, 0.1) is 0 Å². The SMILES string of the molecule is COc1ccc(CN[C@@H](C)c2ccccc2Cl)c(OC)c1OC. The van der Waals surface area contributed by atoms with E-state index in [0.29, 0.717) is 23.8 Å². The van der Waals surface area contributed by atoms with E-state index in [1.54, 1.807) is 21.3 Å². The van der Waals surface area contributed by atoms with Gasteiger partial charge in [0.25, 0.3) is 0 Å². The lowest BCUT2D eigenvalue weighted by molar-refractivity contribution is 0.321. The minimum absolute atomic E-state index is 0.113. The molecule has 4 nitrogen and oxygen atoms in total. The predicted octanol–water partition coefficient (Wildman–Crippen LogP) is 4.22. The Kier molecular flexibility index (Phi) is 6.13. The van der Waals surface area contributed by atoms with Crippen molar-refractivity contribution in [3.8, 4) is 17.2 Å². The summed E-state index contributed by atoms with van der Waals surface area (Å²) < 4.78 is 16.2. The van der Waals surface area contributed by atoms with Gasteiger partial charge < -0.3 is 19.5 Å². The highest BCUT2D eigenvalue weighted by molar-refractivity contribution is 6.31. The average molecular weight is 336 g/mol. The lowest BCUT2D eigenvalue weighted by Gasteiger charge is -2.19. The van der Waals surface area contributed by atoms with E-state index >= 15 is 0 Å². The first-order valence-corrected chi connectivity index (χ1v) is 7.75. The van der Waals surface area contributed by atoms with Crippen LogP contribution in [0.4, 0.5) is 0 Å². The summed E-state index contributed by atoms with van der Waals surface area (Å²) in [5.41, 5.74) is 2.05. The highest BCUT2D eigenvalue weighted by Crippen LogP contribution is 2.39. The molecule has 5 heteroatoms. The first-order chi connectivity index (χ1) is 11.1. The molecule has 2 aromatic carbocycles. The molecule has 0 heterocycles. The number of hydrogen-bond acceptors (Lipinski definition) is 4. The molecule has 0 aliphatic rings. The number of ether oxygens (including phenoxy) is 3. The van der Waals surface area contributed by atoms with Crippen LogP contribution in [0.15, 0.2) is 36.4 Å². The van der Waals surface area contributed by atoms with E-state index in [0.717, 1.165) is 16.1 Å². The maximum atomic E-state index is 6.25. The third kappa shape index (κ3) is 3.89. The third-order valence-corrected chi connectivity index (χ3v) is 4.10. The zero-order valence-electron chi connectivity index (χ0n) is 13.9. The molecule has 0 aromatic heterocycles. The quantitative estimate of drug-likeness (QED) is 0.822. The van der Waals surface area contributed by atoms with Crippen molar-refractivity contribution in [2.24, 2.45) is 0 Å². The second-order valence-corrected chi connectivity index (χ2v) is 5.52. The van der Waals surface area contributed by atoms with Gasteiger partial charge in [0.15, 0.2) is 11.5 Å². The maximum Gasteiger partial charge on any atom is 0.203 e. The van der Waals surface area contributed by atoms with Gasteiger partial charge in [0.1, 0.15) is 0 Å². The molecule has 0 fully saturated rings. The van der Waals surface area contributed by atoms with Crippen LogP contribution in [-0.4, -0.2) is 21.3 Å². The van der Waals surface area contributed by atoms with E-state index in [1.165, 1.54) is 0 Å². The molecule has 0 unspecified atom stereocenters. The second-order valence-electron chi connectivity index (χ2n) is 5.12. The minimum atomic E-state index is 0.113. The van der Waals surface area contributed by atoms with Gasteiger partial charge in [-0.1, -0.05) is 35.9 Å². The summed E-state index contributed by atoms with van der Waals surface area (Å²) >= 11 is 6.25. The summed E-state index contributed by atoms with van der Waals surface area (Å²) in [6.45, 7) is 2.70. The Labute approximate surface area is 142 Å². The Morgan fingerprint density at radius 2 is 1.65 bits per heavy atom. The van der Waals surface area contributed by atoms with Gasteiger partial charge in [-0.25, -0.2) is 0 Å². The summed E-state index contributed by atoms with van der Waals surface area (Å²) in [5.74, 6) is 1.91. The molecule has 2 aromatic rings. The van der Waals surface area contributed by atoms with Gasteiger partial charge in [0, 0.05) is 23.2 Å². The van der Waals surface area contributed by atoms with Gasteiger partial charge >= 0.3 is 0 Å². The molecule has 0 saturated heterocycles. The van der Waals surface area contributed by atoms with E-state index in [2.05, 4.69) is 12.2 Å². The zero-order chi connectivity index (χ0) is 16.8. The van der Waals surface area contributed by atoms with Crippen LogP contribution in [0.5, 0.6) is 17.2 Å². The van der Waals surface area contributed by atoms with Crippen molar-refractivity contribution >= 4 is 11.6 Å². The molecular formula is C18H22ClNO3. The Bertz CT molecular complexity index is 661. The fraction of sp³-hybridized carbons (Fsp3) is 0.333. The molecule has 0 spiro atoms. The van der Waals surface area contributed by atoms with Crippen LogP contribution in [-0.2, 0) is 6.54 Å². The number of methoxy groups -OCH3 is 3. The molecule has 0 amide bonds. The number of rotatable bonds is 7. The lowest BCUT2D eigenvalue weighted by atomic mass is 10.1.